The maximum Gasteiger partial charge on any atom is 0.0409 e. The molecule has 0 bridgehead atoms. The third-order valence-electron chi connectivity index (χ3n) is 1.81. The SMILES string of the molecule is C/C(=C/Cl)CNCc1cccc(Cl)c1. The molecule has 0 aliphatic heterocycles. The van der Waals surface area contributed by atoms with Gasteiger partial charge in [0, 0.05) is 23.6 Å². The molecular formula is C11H13Cl2N. The fraction of sp³-hybridized carbons (Fsp3) is 0.273. The molecule has 0 aliphatic rings. The lowest BCUT2D eigenvalue weighted by Crippen LogP contribution is -2.15. The minimum atomic E-state index is 0.772. The van der Waals surface area contributed by atoms with Crippen LogP contribution in [0.3, 0.4) is 0 Å². The van der Waals surface area contributed by atoms with E-state index in [4.69, 9.17) is 23.2 Å². The van der Waals surface area contributed by atoms with Gasteiger partial charge in [0.15, 0.2) is 0 Å². The van der Waals surface area contributed by atoms with Gasteiger partial charge in [-0.2, -0.15) is 0 Å². The molecule has 14 heavy (non-hydrogen) atoms. The predicted molar refractivity (Wildman–Crippen MR) is 62.8 cm³/mol. The van der Waals surface area contributed by atoms with Gasteiger partial charge in [0.2, 0.25) is 0 Å². The lowest BCUT2D eigenvalue weighted by Gasteiger charge is -2.04. The fourth-order valence-electron chi connectivity index (χ4n) is 1.09. The summed E-state index contributed by atoms with van der Waals surface area (Å²) >= 11 is 11.4. The number of hydrogen-bond donors (Lipinski definition) is 1. The molecule has 1 N–H and O–H groups in total. The molecule has 0 saturated heterocycles. The Labute approximate surface area is 94.7 Å². The molecule has 1 aromatic carbocycles. The van der Waals surface area contributed by atoms with Gasteiger partial charge < -0.3 is 5.32 Å². The third kappa shape index (κ3) is 4.14. The second-order valence-corrected chi connectivity index (χ2v) is 3.84. The second kappa shape index (κ2) is 6.07. The first-order chi connectivity index (χ1) is 6.72. The van der Waals surface area contributed by atoms with E-state index in [1.54, 1.807) is 5.54 Å². The highest BCUT2D eigenvalue weighted by Crippen LogP contribution is 2.10. The molecule has 0 unspecified atom stereocenters. The van der Waals surface area contributed by atoms with Crippen LogP contribution in [0.25, 0.3) is 0 Å². The summed E-state index contributed by atoms with van der Waals surface area (Å²) in [5, 5.41) is 4.04. The van der Waals surface area contributed by atoms with E-state index in [9.17, 15) is 0 Å². The van der Waals surface area contributed by atoms with E-state index in [-0.39, 0.29) is 0 Å². The summed E-state index contributed by atoms with van der Waals surface area (Å²) in [5.41, 5.74) is 3.89. The Morgan fingerprint density at radius 1 is 1.50 bits per heavy atom. The molecule has 0 heterocycles. The van der Waals surface area contributed by atoms with Crippen molar-refractivity contribution in [1.29, 1.82) is 0 Å². The van der Waals surface area contributed by atoms with Gasteiger partial charge >= 0.3 is 0 Å². The zero-order chi connectivity index (χ0) is 10.4. The Bertz CT molecular complexity index is 321. The minimum Gasteiger partial charge on any atom is -0.309 e. The number of rotatable bonds is 4. The smallest absolute Gasteiger partial charge is 0.0409 e. The van der Waals surface area contributed by atoms with Gasteiger partial charge in [0.1, 0.15) is 0 Å². The quantitative estimate of drug-likeness (QED) is 0.833. The molecule has 0 aromatic heterocycles. The molecule has 3 heteroatoms. The van der Waals surface area contributed by atoms with Crippen LogP contribution in [-0.4, -0.2) is 6.54 Å². The van der Waals surface area contributed by atoms with Gasteiger partial charge in [-0.3, -0.25) is 0 Å². The molecule has 0 aliphatic carbocycles. The first-order valence-corrected chi connectivity index (χ1v) is 5.25. The molecule has 0 amide bonds. The highest BCUT2D eigenvalue weighted by molar-refractivity contribution is 6.30. The van der Waals surface area contributed by atoms with Crippen LogP contribution in [0, 0.1) is 0 Å². The lowest BCUT2D eigenvalue weighted by atomic mass is 10.2. The predicted octanol–water partition coefficient (Wildman–Crippen LogP) is 3.57. The van der Waals surface area contributed by atoms with Crippen LogP contribution < -0.4 is 5.32 Å². The average Bonchev–Trinajstić information content (AvgIpc) is 2.17. The summed E-state index contributed by atoms with van der Waals surface area (Å²) < 4.78 is 0. The Morgan fingerprint density at radius 3 is 2.93 bits per heavy atom. The number of halogens is 2. The van der Waals surface area contributed by atoms with E-state index in [2.05, 4.69) is 5.32 Å². The molecule has 76 valence electrons. The summed E-state index contributed by atoms with van der Waals surface area (Å²) in [4.78, 5) is 0. The van der Waals surface area contributed by atoms with Gasteiger partial charge in [-0.1, -0.05) is 35.3 Å². The number of hydrogen-bond acceptors (Lipinski definition) is 1. The van der Waals surface area contributed by atoms with Crippen LogP contribution in [0.2, 0.25) is 5.02 Å². The van der Waals surface area contributed by atoms with Crippen LogP contribution >= 0.6 is 23.2 Å². The molecule has 0 spiro atoms. The first kappa shape index (κ1) is 11.6. The van der Waals surface area contributed by atoms with Crippen LogP contribution in [0.5, 0.6) is 0 Å². The van der Waals surface area contributed by atoms with Crippen molar-refractivity contribution in [3.8, 4) is 0 Å². The number of benzene rings is 1. The monoisotopic (exact) mass is 229 g/mol. The van der Waals surface area contributed by atoms with Gasteiger partial charge in [-0.25, -0.2) is 0 Å². The van der Waals surface area contributed by atoms with Crippen molar-refractivity contribution in [3.05, 3.63) is 46.0 Å². The Hall–Kier alpha value is -0.500. The minimum absolute atomic E-state index is 0.772. The molecular weight excluding hydrogens is 217 g/mol. The van der Waals surface area contributed by atoms with Crippen molar-refractivity contribution < 1.29 is 0 Å². The van der Waals surface area contributed by atoms with Crippen molar-refractivity contribution in [3.63, 3.8) is 0 Å². The van der Waals surface area contributed by atoms with Crippen molar-refractivity contribution in [2.75, 3.05) is 6.54 Å². The van der Waals surface area contributed by atoms with Crippen LogP contribution in [0.1, 0.15) is 12.5 Å². The molecule has 1 nitrogen and oxygen atoms in total. The van der Waals surface area contributed by atoms with Gasteiger partial charge in [0.05, 0.1) is 0 Å². The van der Waals surface area contributed by atoms with E-state index >= 15 is 0 Å². The molecule has 0 atom stereocenters. The topological polar surface area (TPSA) is 12.0 Å². The number of nitrogens with one attached hydrogen (secondary N) is 1. The van der Waals surface area contributed by atoms with Crippen LogP contribution in [-0.2, 0) is 6.54 Å². The normalized spacial score (nSPS) is 11.8. The van der Waals surface area contributed by atoms with Gasteiger partial charge in [0.25, 0.3) is 0 Å². The first-order valence-electron chi connectivity index (χ1n) is 4.43. The van der Waals surface area contributed by atoms with Crippen molar-refractivity contribution in [2.24, 2.45) is 0 Å². The maximum absolute atomic E-state index is 5.85. The summed E-state index contributed by atoms with van der Waals surface area (Å²) in [5.74, 6) is 0. The van der Waals surface area contributed by atoms with E-state index in [1.165, 1.54) is 5.56 Å². The molecule has 0 radical (unpaired) electrons. The maximum atomic E-state index is 5.85. The summed E-state index contributed by atoms with van der Waals surface area (Å²) in [7, 11) is 0. The highest BCUT2D eigenvalue weighted by Gasteiger charge is 1.94. The van der Waals surface area contributed by atoms with E-state index in [0.717, 1.165) is 23.7 Å². The summed E-state index contributed by atoms with van der Waals surface area (Å²) in [6, 6.07) is 7.81. The largest absolute Gasteiger partial charge is 0.309 e. The Balaban J connectivity index is 2.39. The summed E-state index contributed by atoms with van der Waals surface area (Å²) in [6.45, 7) is 3.59. The Morgan fingerprint density at radius 2 is 2.29 bits per heavy atom. The average molecular weight is 230 g/mol. The van der Waals surface area contributed by atoms with E-state index < -0.39 is 0 Å². The van der Waals surface area contributed by atoms with Crippen molar-refractivity contribution in [1.82, 2.24) is 5.32 Å². The van der Waals surface area contributed by atoms with E-state index in [1.807, 2.05) is 31.2 Å². The van der Waals surface area contributed by atoms with Crippen LogP contribution in [0.4, 0.5) is 0 Å². The van der Waals surface area contributed by atoms with Gasteiger partial charge in [-0.15, -0.1) is 0 Å². The molecule has 0 fully saturated rings. The molecule has 0 saturated carbocycles. The molecule has 1 aromatic rings. The standard InChI is InChI=1S/C11H13Cl2N/c1-9(6-12)7-14-8-10-3-2-4-11(13)5-10/h2-6,14H,7-8H2,1H3/b9-6-. The fourth-order valence-corrected chi connectivity index (χ4v) is 1.38. The van der Waals surface area contributed by atoms with E-state index in [0.29, 0.717) is 0 Å². The Kier molecular flexibility index (Phi) is 5.02. The van der Waals surface area contributed by atoms with Crippen LogP contribution in [0.15, 0.2) is 35.4 Å². The van der Waals surface area contributed by atoms with Gasteiger partial charge in [-0.05, 0) is 30.2 Å². The highest BCUT2D eigenvalue weighted by atomic mass is 35.5. The van der Waals surface area contributed by atoms with Crippen molar-refractivity contribution in [2.45, 2.75) is 13.5 Å². The lowest BCUT2D eigenvalue weighted by molar-refractivity contribution is 0.740. The zero-order valence-corrected chi connectivity index (χ0v) is 9.57. The van der Waals surface area contributed by atoms with Crippen molar-refractivity contribution >= 4 is 23.2 Å². The molecule has 1 rings (SSSR count). The second-order valence-electron chi connectivity index (χ2n) is 3.19. The zero-order valence-electron chi connectivity index (χ0n) is 8.06. The summed E-state index contributed by atoms with van der Waals surface area (Å²) in [6.07, 6.45) is 0. The third-order valence-corrected chi connectivity index (χ3v) is 2.42.